The first kappa shape index (κ1) is 32.3. The predicted octanol–water partition coefficient (Wildman–Crippen LogP) is 4.51. The average molecular weight is 646 g/mol. The van der Waals surface area contributed by atoms with Crippen LogP contribution in [0.5, 0.6) is 0 Å². The molecule has 44 heavy (non-hydrogen) atoms. The molecular formula is C31H40ClN5O6S. The van der Waals surface area contributed by atoms with E-state index in [1.54, 1.807) is 11.8 Å². The van der Waals surface area contributed by atoms with E-state index in [1.165, 1.54) is 18.2 Å². The molecule has 1 N–H and O–H groups in total. The third-order valence-corrected chi connectivity index (χ3v) is 11.3. The first-order valence-corrected chi connectivity index (χ1v) is 17.1. The van der Waals surface area contributed by atoms with Crippen LogP contribution in [0.1, 0.15) is 57.4 Å². The van der Waals surface area contributed by atoms with Crippen molar-refractivity contribution in [2.45, 2.75) is 81.8 Å². The molecule has 3 saturated heterocycles. The second-order valence-electron chi connectivity index (χ2n) is 12.2. The number of likely N-dealkylation sites (tertiary alicyclic amines) is 1. The molecule has 3 aliphatic heterocycles. The van der Waals surface area contributed by atoms with Crippen molar-refractivity contribution in [2.75, 3.05) is 31.1 Å². The summed E-state index contributed by atoms with van der Waals surface area (Å²) in [6, 6.07) is 11.0. The van der Waals surface area contributed by atoms with Gasteiger partial charge in [-0.2, -0.15) is 0 Å². The van der Waals surface area contributed by atoms with Crippen LogP contribution in [0.3, 0.4) is 0 Å². The Kier molecular flexibility index (Phi) is 9.93. The van der Waals surface area contributed by atoms with Crippen LogP contribution >= 0.6 is 11.6 Å². The average Bonchev–Trinajstić information content (AvgIpc) is 3.23. The van der Waals surface area contributed by atoms with Gasteiger partial charge in [0.15, 0.2) is 0 Å². The van der Waals surface area contributed by atoms with Gasteiger partial charge in [-0.05, 0) is 75.6 Å². The van der Waals surface area contributed by atoms with E-state index >= 15 is 0 Å². The fourth-order valence-corrected chi connectivity index (χ4v) is 8.45. The summed E-state index contributed by atoms with van der Waals surface area (Å²) in [7, 11) is -3.90. The van der Waals surface area contributed by atoms with Crippen LogP contribution in [0.15, 0.2) is 47.4 Å². The number of halogens is 1. The Labute approximate surface area is 263 Å². The molecule has 13 heteroatoms. The lowest BCUT2D eigenvalue weighted by Gasteiger charge is -2.39. The summed E-state index contributed by atoms with van der Waals surface area (Å²) in [6.07, 6.45) is 5.30. The number of amides is 2. The number of hydrogen-bond donors (Lipinski definition) is 1. The zero-order valence-corrected chi connectivity index (χ0v) is 26.7. The van der Waals surface area contributed by atoms with E-state index in [-0.39, 0.29) is 46.4 Å². The van der Waals surface area contributed by atoms with Crippen LogP contribution in [-0.4, -0.2) is 79.3 Å². The molecule has 11 nitrogen and oxygen atoms in total. The van der Waals surface area contributed by atoms with Gasteiger partial charge in [0.1, 0.15) is 0 Å². The highest BCUT2D eigenvalue weighted by Gasteiger charge is 2.41. The van der Waals surface area contributed by atoms with Gasteiger partial charge in [0.2, 0.25) is 21.8 Å². The number of nitrogens with zero attached hydrogens (tertiary/aromatic N) is 4. The minimum atomic E-state index is -3.90. The highest BCUT2D eigenvalue weighted by atomic mass is 35.5. The van der Waals surface area contributed by atoms with Crippen molar-refractivity contribution in [3.63, 3.8) is 0 Å². The van der Waals surface area contributed by atoms with Crippen molar-refractivity contribution in [3.05, 3.63) is 63.2 Å². The molecule has 2 aromatic carbocycles. The smallest absolute Gasteiger partial charge is 0.270 e. The highest BCUT2D eigenvalue weighted by molar-refractivity contribution is 7.89. The molecule has 2 bridgehead atoms. The third kappa shape index (κ3) is 7.25. The van der Waals surface area contributed by atoms with Gasteiger partial charge in [-0.3, -0.25) is 24.6 Å². The molecular weight excluding hydrogens is 606 g/mol. The number of nitrogens with one attached hydrogen (secondary N) is 1. The molecule has 238 valence electrons. The SMILES string of the molecule is CC(=O)N1CCC(C(=O)N(CCCN2C3CCC2CC(NS(=O)(=O)c2cccc([N+](=O)[O-])c2)C3)c2ccc(C)c(Cl)c2)CC1. The number of carbonyl (C=O) groups is 2. The zero-order chi connectivity index (χ0) is 31.6. The molecule has 5 rings (SSSR count). The monoisotopic (exact) mass is 645 g/mol. The molecule has 0 aliphatic carbocycles. The van der Waals surface area contributed by atoms with Gasteiger partial charge in [0.25, 0.3) is 5.69 Å². The Morgan fingerprint density at radius 1 is 1.07 bits per heavy atom. The van der Waals surface area contributed by atoms with Gasteiger partial charge in [0.05, 0.1) is 9.82 Å². The number of fused-ring (bicyclic) bond motifs is 2. The number of benzene rings is 2. The van der Waals surface area contributed by atoms with Crippen LogP contribution < -0.4 is 9.62 Å². The normalized spacial score (nSPS) is 22.6. The fourth-order valence-electron chi connectivity index (χ4n) is 6.98. The number of rotatable bonds is 10. The Morgan fingerprint density at radius 2 is 1.75 bits per heavy atom. The minimum absolute atomic E-state index is 0.0355. The van der Waals surface area contributed by atoms with Crippen LogP contribution in [0.4, 0.5) is 11.4 Å². The first-order chi connectivity index (χ1) is 20.9. The maximum atomic E-state index is 13.8. The summed E-state index contributed by atoms with van der Waals surface area (Å²) in [5, 5.41) is 11.7. The van der Waals surface area contributed by atoms with Gasteiger partial charge in [-0.15, -0.1) is 0 Å². The Bertz CT molecular complexity index is 1500. The molecule has 0 radical (unpaired) electrons. The number of carbonyl (C=O) groups excluding carboxylic acids is 2. The van der Waals surface area contributed by atoms with Gasteiger partial charge >= 0.3 is 0 Å². The molecule has 3 aliphatic rings. The molecule has 2 aromatic rings. The molecule has 0 spiro atoms. The number of anilines is 1. The largest absolute Gasteiger partial charge is 0.343 e. The standard InChI is InChI=1S/C31H40ClN5O6S/c1-21-7-8-27(20-30(21)32)36(31(39)23-11-15-34(16-12-23)22(2)38)14-4-13-35-25-9-10-26(35)18-24(17-25)33-44(42,43)29-6-3-5-28(19-29)37(40)41/h3,5-8,19-20,23-26,33H,4,9-18H2,1-2H3. The Morgan fingerprint density at radius 3 is 2.36 bits per heavy atom. The van der Waals surface area contributed by atoms with Gasteiger partial charge in [-0.1, -0.05) is 23.7 Å². The van der Waals surface area contributed by atoms with Crippen molar-refractivity contribution >= 4 is 44.8 Å². The zero-order valence-electron chi connectivity index (χ0n) is 25.2. The lowest BCUT2D eigenvalue weighted by atomic mass is 9.94. The van der Waals surface area contributed by atoms with E-state index in [2.05, 4.69) is 9.62 Å². The number of hydrogen-bond acceptors (Lipinski definition) is 7. The molecule has 0 aromatic heterocycles. The van der Waals surface area contributed by atoms with Gasteiger partial charge in [0, 0.05) is 80.0 Å². The highest BCUT2D eigenvalue weighted by Crippen LogP contribution is 2.37. The lowest BCUT2D eigenvalue weighted by molar-refractivity contribution is -0.385. The first-order valence-electron chi connectivity index (χ1n) is 15.3. The summed E-state index contributed by atoms with van der Waals surface area (Å²) in [6.45, 7) is 5.97. The number of nitro groups is 1. The van der Waals surface area contributed by atoms with E-state index in [0.717, 1.165) is 43.1 Å². The number of sulfonamides is 1. The quantitative estimate of drug-likeness (QED) is 0.297. The number of nitro benzene ring substituents is 1. The maximum Gasteiger partial charge on any atom is 0.270 e. The van der Waals surface area contributed by atoms with Crippen molar-refractivity contribution in [1.29, 1.82) is 0 Å². The van der Waals surface area contributed by atoms with Gasteiger partial charge < -0.3 is 9.80 Å². The van der Waals surface area contributed by atoms with E-state index in [1.807, 2.05) is 30.0 Å². The van der Waals surface area contributed by atoms with E-state index in [4.69, 9.17) is 11.6 Å². The minimum Gasteiger partial charge on any atom is -0.343 e. The van der Waals surface area contributed by atoms with Crippen LogP contribution in [0, 0.1) is 23.0 Å². The number of non-ortho nitro benzene ring substituents is 1. The summed E-state index contributed by atoms with van der Waals surface area (Å²) < 4.78 is 28.9. The summed E-state index contributed by atoms with van der Waals surface area (Å²) >= 11 is 6.46. The van der Waals surface area contributed by atoms with E-state index in [9.17, 15) is 28.1 Å². The fraction of sp³-hybridized carbons (Fsp3) is 0.548. The number of piperidine rings is 2. The van der Waals surface area contributed by atoms with Crippen LogP contribution in [0.25, 0.3) is 0 Å². The summed E-state index contributed by atoms with van der Waals surface area (Å²) in [5.41, 5.74) is 1.46. The molecule has 3 heterocycles. The number of aryl methyl sites for hydroxylation is 1. The maximum absolute atomic E-state index is 13.8. The van der Waals surface area contributed by atoms with Crippen molar-refractivity contribution in [2.24, 2.45) is 5.92 Å². The second-order valence-corrected chi connectivity index (χ2v) is 14.3. The molecule has 3 fully saturated rings. The lowest BCUT2D eigenvalue weighted by Crippen LogP contribution is -2.51. The third-order valence-electron chi connectivity index (χ3n) is 9.37. The van der Waals surface area contributed by atoms with Crippen molar-refractivity contribution < 1.29 is 22.9 Å². The molecule has 2 unspecified atom stereocenters. The topological polar surface area (TPSA) is 133 Å². The van der Waals surface area contributed by atoms with Gasteiger partial charge in [-0.25, -0.2) is 13.1 Å². The summed E-state index contributed by atoms with van der Waals surface area (Å²) in [4.78, 5) is 42.1. The predicted molar refractivity (Wildman–Crippen MR) is 168 cm³/mol. The van der Waals surface area contributed by atoms with Crippen LogP contribution in [-0.2, 0) is 19.6 Å². The van der Waals surface area contributed by atoms with E-state index < -0.39 is 14.9 Å². The van der Waals surface area contributed by atoms with Crippen LogP contribution in [0.2, 0.25) is 5.02 Å². The molecule has 2 amide bonds. The Hall–Kier alpha value is -3.06. The molecule has 0 saturated carbocycles. The second kappa shape index (κ2) is 13.5. The van der Waals surface area contributed by atoms with Crippen molar-refractivity contribution in [3.8, 4) is 0 Å². The van der Waals surface area contributed by atoms with Crippen molar-refractivity contribution in [1.82, 2.24) is 14.5 Å². The van der Waals surface area contributed by atoms with E-state index in [0.29, 0.717) is 50.3 Å². The summed E-state index contributed by atoms with van der Waals surface area (Å²) in [5.74, 6) is -0.0599. The Balaban J connectivity index is 1.21. The molecule has 2 atom stereocenters.